The van der Waals surface area contributed by atoms with Crippen molar-refractivity contribution >= 4 is 5.97 Å². The SMILES string of the molecule is C1CCCC1.C=C(C)NCC(=O)OCc1ccccc1.CC. The predicted molar refractivity (Wildman–Crippen MR) is 93.5 cm³/mol. The van der Waals surface area contributed by atoms with E-state index >= 15 is 0 Å². The maximum absolute atomic E-state index is 11.2. The van der Waals surface area contributed by atoms with Gasteiger partial charge in [-0.2, -0.15) is 0 Å². The third-order valence-corrected chi connectivity index (χ3v) is 3.03. The maximum atomic E-state index is 11.2. The van der Waals surface area contributed by atoms with Gasteiger partial charge in [0.05, 0.1) is 0 Å². The second-order valence-corrected chi connectivity index (χ2v) is 5.05. The first-order valence-electron chi connectivity index (χ1n) is 8.27. The normalized spacial score (nSPS) is 12.1. The van der Waals surface area contributed by atoms with Crippen molar-refractivity contribution in [2.24, 2.45) is 0 Å². The van der Waals surface area contributed by atoms with Gasteiger partial charge in [-0.3, -0.25) is 4.79 Å². The second-order valence-electron chi connectivity index (χ2n) is 5.05. The summed E-state index contributed by atoms with van der Waals surface area (Å²) >= 11 is 0. The van der Waals surface area contributed by atoms with E-state index in [4.69, 9.17) is 4.74 Å². The van der Waals surface area contributed by atoms with Gasteiger partial charge in [-0.15, -0.1) is 0 Å². The number of esters is 1. The number of allylic oxidation sites excluding steroid dienone is 1. The fourth-order valence-corrected chi connectivity index (χ4v) is 1.90. The minimum Gasteiger partial charge on any atom is -0.460 e. The molecule has 1 fully saturated rings. The zero-order chi connectivity index (χ0) is 16.6. The van der Waals surface area contributed by atoms with Crippen LogP contribution >= 0.6 is 0 Å². The number of nitrogens with one attached hydrogen (secondary N) is 1. The average molecular weight is 305 g/mol. The van der Waals surface area contributed by atoms with Crippen molar-refractivity contribution in [2.45, 2.75) is 59.5 Å². The quantitative estimate of drug-likeness (QED) is 0.792. The Morgan fingerprint density at radius 3 is 2.05 bits per heavy atom. The van der Waals surface area contributed by atoms with E-state index in [1.54, 1.807) is 6.92 Å². The number of carbonyl (C=O) groups is 1. The highest BCUT2D eigenvalue weighted by Gasteiger charge is 2.01. The van der Waals surface area contributed by atoms with Crippen LogP contribution in [0.4, 0.5) is 0 Å². The molecule has 3 nitrogen and oxygen atoms in total. The van der Waals surface area contributed by atoms with Crippen LogP contribution in [0.15, 0.2) is 42.6 Å². The van der Waals surface area contributed by atoms with Crippen molar-refractivity contribution in [2.75, 3.05) is 6.54 Å². The Kier molecular flexibility index (Phi) is 13.0. The Balaban J connectivity index is 0.000000522. The van der Waals surface area contributed by atoms with E-state index in [1.807, 2.05) is 44.2 Å². The van der Waals surface area contributed by atoms with Gasteiger partial charge in [-0.05, 0) is 12.5 Å². The highest BCUT2D eigenvalue weighted by Crippen LogP contribution is 2.15. The second kappa shape index (κ2) is 14.2. The highest BCUT2D eigenvalue weighted by atomic mass is 16.5. The third-order valence-electron chi connectivity index (χ3n) is 3.03. The lowest BCUT2D eigenvalue weighted by Gasteiger charge is -2.06. The number of hydrogen-bond donors (Lipinski definition) is 1. The standard InChI is InChI=1S/C12H15NO2.C5H10.C2H6/c1-10(2)13-8-12(14)15-9-11-6-4-3-5-7-11;1-2-4-5-3-1;1-2/h3-7,13H,1,8-9H2,2H3;1-5H2;1-2H3. The van der Waals surface area contributed by atoms with Crippen LogP contribution in [0.25, 0.3) is 0 Å². The zero-order valence-corrected chi connectivity index (χ0v) is 14.4. The van der Waals surface area contributed by atoms with E-state index in [0.29, 0.717) is 6.61 Å². The molecule has 22 heavy (non-hydrogen) atoms. The summed E-state index contributed by atoms with van der Waals surface area (Å²) < 4.78 is 5.04. The molecule has 0 atom stereocenters. The van der Waals surface area contributed by atoms with Crippen molar-refractivity contribution in [3.05, 3.63) is 48.2 Å². The molecular weight excluding hydrogens is 274 g/mol. The van der Waals surface area contributed by atoms with Crippen molar-refractivity contribution < 1.29 is 9.53 Å². The summed E-state index contributed by atoms with van der Waals surface area (Å²) in [6, 6.07) is 9.58. The maximum Gasteiger partial charge on any atom is 0.325 e. The van der Waals surface area contributed by atoms with Crippen LogP contribution in [0.2, 0.25) is 0 Å². The minimum absolute atomic E-state index is 0.169. The topological polar surface area (TPSA) is 38.3 Å². The molecule has 1 aliphatic carbocycles. The molecule has 3 heteroatoms. The largest absolute Gasteiger partial charge is 0.460 e. The number of rotatable bonds is 5. The van der Waals surface area contributed by atoms with Crippen LogP contribution in [0.3, 0.4) is 0 Å². The van der Waals surface area contributed by atoms with Crippen molar-refractivity contribution in [1.29, 1.82) is 0 Å². The van der Waals surface area contributed by atoms with Gasteiger partial charge >= 0.3 is 5.97 Å². The van der Waals surface area contributed by atoms with Gasteiger partial charge in [0.1, 0.15) is 13.2 Å². The molecule has 1 aromatic carbocycles. The monoisotopic (exact) mass is 305 g/mol. The van der Waals surface area contributed by atoms with Crippen LogP contribution < -0.4 is 5.32 Å². The fourth-order valence-electron chi connectivity index (χ4n) is 1.90. The van der Waals surface area contributed by atoms with E-state index in [1.165, 1.54) is 32.1 Å². The Bertz CT molecular complexity index is 390. The van der Waals surface area contributed by atoms with Gasteiger partial charge in [-0.25, -0.2) is 0 Å². The average Bonchev–Trinajstić information content (AvgIpc) is 3.13. The molecule has 0 unspecified atom stereocenters. The lowest BCUT2D eigenvalue weighted by molar-refractivity contribution is -0.143. The van der Waals surface area contributed by atoms with E-state index in [2.05, 4.69) is 11.9 Å². The lowest BCUT2D eigenvalue weighted by atomic mass is 10.2. The van der Waals surface area contributed by atoms with Crippen molar-refractivity contribution in [1.82, 2.24) is 5.32 Å². The third kappa shape index (κ3) is 12.0. The summed E-state index contributed by atoms with van der Waals surface area (Å²) in [5, 5.41) is 2.81. The molecule has 0 radical (unpaired) electrons. The number of hydrogen-bond acceptors (Lipinski definition) is 3. The molecule has 0 amide bonds. The van der Waals surface area contributed by atoms with Gasteiger partial charge in [0.15, 0.2) is 0 Å². The van der Waals surface area contributed by atoms with E-state index in [-0.39, 0.29) is 12.5 Å². The van der Waals surface area contributed by atoms with Gasteiger partial charge in [0.2, 0.25) is 0 Å². The highest BCUT2D eigenvalue weighted by molar-refractivity contribution is 5.71. The smallest absolute Gasteiger partial charge is 0.325 e. The molecule has 0 heterocycles. The summed E-state index contributed by atoms with van der Waals surface area (Å²) in [5.41, 5.74) is 1.74. The predicted octanol–water partition coefficient (Wildman–Crippen LogP) is 4.83. The van der Waals surface area contributed by atoms with Crippen LogP contribution in [-0.4, -0.2) is 12.5 Å². The van der Waals surface area contributed by atoms with E-state index < -0.39 is 0 Å². The molecule has 0 saturated heterocycles. The summed E-state index contributed by atoms with van der Waals surface area (Å²) in [4.78, 5) is 11.2. The first kappa shape index (κ1) is 20.2. The molecule has 1 N–H and O–H groups in total. The number of benzene rings is 1. The van der Waals surface area contributed by atoms with Gasteiger partial charge in [0, 0.05) is 5.70 Å². The first-order chi connectivity index (χ1) is 10.7. The van der Waals surface area contributed by atoms with Crippen molar-refractivity contribution in [3.8, 4) is 0 Å². The van der Waals surface area contributed by atoms with E-state index in [0.717, 1.165) is 11.3 Å². The first-order valence-corrected chi connectivity index (χ1v) is 8.27. The van der Waals surface area contributed by atoms with Crippen LogP contribution in [0.5, 0.6) is 0 Å². The summed E-state index contributed by atoms with van der Waals surface area (Å²) in [6.07, 6.45) is 7.50. The molecule has 1 aliphatic rings. The Morgan fingerprint density at radius 1 is 1.09 bits per heavy atom. The Labute approximate surface area is 135 Å². The number of carbonyl (C=O) groups excluding carboxylic acids is 1. The van der Waals surface area contributed by atoms with Gasteiger partial charge in [0.25, 0.3) is 0 Å². The van der Waals surface area contributed by atoms with Crippen LogP contribution in [0.1, 0.15) is 58.4 Å². The molecule has 0 aliphatic heterocycles. The Morgan fingerprint density at radius 2 is 1.59 bits per heavy atom. The molecule has 1 aromatic rings. The molecular formula is C19H31NO2. The van der Waals surface area contributed by atoms with Gasteiger partial charge < -0.3 is 10.1 Å². The summed E-state index contributed by atoms with van der Waals surface area (Å²) in [7, 11) is 0. The molecule has 124 valence electrons. The van der Waals surface area contributed by atoms with Crippen LogP contribution in [0, 0.1) is 0 Å². The van der Waals surface area contributed by atoms with Crippen LogP contribution in [-0.2, 0) is 16.1 Å². The molecule has 2 rings (SSSR count). The fraction of sp³-hybridized carbons (Fsp3) is 0.526. The summed E-state index contributed by atoms with van der Waals surface area (Å²) in [5.74, 6) is -0.276. The lowest BCUT2D eigenvalue weighted by Crippen LogP contribution is -2.22. The molecule has 1 saturated carbocycles. The number of ether oxygens (including phenoxy) is 1. The van der Waals surface area contributed by atoms with Gasteiger partial charge in [-0.1, -0.05) is 82.9 Å². The zero-order valence-electron chi connectivity index (χ0n) is 14.4. The minimum atomic E-state index is -0.276. The molecule has 0 spiro atoms. The summed E-state index contributed by atoms with van der Waals surface area (Å²) in [6.45, 7) is 9.91. The van der Waals surface area contributed by atoms with E-state index in [9.17, 15) is 4.79 Å². The van der Waals surface area contributed by atoms with Crippen molar-refractivity contribution in [3.63, 3.8) is 0 Å². The molecule has 0 aromatic heterocycles. The molecule has 0 bridgehead atoms. The Hall–Kier alpha value is -1.77.